The van der Waals surface area contributed by atoms with Gasteiger partial charge < -0.3 is 14.2 Å². The predicted octanol–water partition coefficient (Wildman–Crippen LogP) is 5.50. The minimum Gasteiger partial charge on any atom is -0.371 e. The molecule has 1 aromatic rings. The number of ether oxygens (including phenoxy) is 3. The number of hydrogen-bond donors (Lipinski definition) is 0. The van der Waals surface area contributed by atoms with E-state index in [1.54, 1.807) is 19.1 Å². The molecule has 0 aromatic heterocycles. The Balaban J connectivity index is 1.19. The van der Waals surface area contributed by atoms with Crippen LogP contribution in [0.15, 0.2) is 12.1 Å². The summed E-state index contributed by atoms with van der Waals surface area (Å²) in [5.74, 6) is 0.335. The van der Waals surface area contributed by atoms with Crippen LogP contribution >= 0.6 is 0 Å². The lowest BCUT2D eigenvalue weighted by Crippen LogP contribution is -2.29. The van der Waals surface area contributed by atoms with Crippen LogP contribution in [-0.4, -0.2) is 32.2 Å². The van der Waals surface area contributed by atoms with E-state index >= 15 is 0 Å². The quantitative estimate of drug-likeness (QED) is 0.348. The van der Waals surface area contributed by atoms with Crippen LogP contribution in [0.3, 0.4) is 0 Å². The van der Waals surface area contributed by atoms with Crippen molar-refractivity contribution in [1.82, 2.24) is 0 Å². The molecule has 2 saturated carbocycles. The molecular formula is C23H32F2O3. The summed E-state index contributed by atoms with van der Waals surface area (Å²) in [5.41, 5.74) is 0.968. The molecule has 1 saturated heterocycles. The first-order valence-electron chi connectivity index (χ1n) is 10.9. The van der Waals surface area contributed by atoms with Crippen molar-refractivity contribution in [2.45, 2.75) is 76.4 Å². The van der Waals surface area contributed by atoms with E-state index in [9.17, 15) is 8.78 Å². The van der Waals surface area contributed by atoms with E-state index in [0.717, 1.165) is 57.0 Å². The molecule has 1 aliphatic heterocycles. The minimum absolute atomic E-state index is 0.165. The Kier molecular flexibility index (Phi) is 6.64. The van der Waals surface area contributed by atoms with Crippen molar-refractivity contribution in [3.63, 3.8) is 0 Å². The third-order valence-corrected chi connectivity index (χ3v) is 7.00. The van der Waals surface area contributed by atoms with Gasteiger partial charge in [0.1, 0.15) is 12.9 Å². The Labute approximate surface area is 166 Å². The van der Waals surface area contributed by atoms with Gasteiger partial charge in [-0.1, -0.05) is 12.1 Å². The van der Waals surface area contributed by atoms with E-state index in [-0.39, 0.29) is 5.92 Å². The van der Waals surface area contributed by atoms with Gasteiger partial charge in [0.25, 0.3) is 0 Å². The molecule has 1 unspecified atom stereocenters. The fourth-order valence-electron chi connectivity index (χ4n) is 5.09. The summed E-state index contributed by atoms with van der Waals surface area (Å²) in [4.78, 5) is 0. The van der Waals surface area contributed by atoms with Gasteiger partial charge in [-0.25, -0.2) is 8.78 Å². The lowest BCUT2D eigenvalue weighted by Gasteiger charge is -2.38. The van der Waals surface area contributed by atoms with E-state index in [1.165, 1.54) is 12.8 Å². The molecule has 1 aromatic carbocycles. The van der Waals surface area contributed by atoms with Gasteiger partial charge in [-0.15, -0.1) is 0 Å². The maximum atomic E-state index is 14.3. The maximum absolute atomic E-state index is 14.3. The molecule has 0 radical (unpaired) electrons. The zero-order valence-corrected chi connectivity index (χ0v) is 16.8. The number of halogens is 2. The third-order valence-electron chi connectivity index (χ3n) is 7.00. The number of epoxide rings is 1. The first-order chi connectivity index (χ1) is 13.6. The Morgan fingerprint density at radius 1 is 0.929 bits per heavy atom. The SMILES string of the molecule is Cc1ccc(C2CCC(C3CCC(OCOCC4CO4)CC3)CC2)c(F)c1F. The molecule has 3 aliphatic rings. The fourth-order valence-corrected chi connectivity index (χ4v) is 5.09. The normalized spacial score (nSPS) is 33.0. The summed E-state index contributed by atoms with van der Waals surface area (Å²) >= 11 is 0. The average Bonchev–Trinajstić information content (AvgIpc) is 3.55. The molecule has 1 heterocycles. The van der Waals surface area contributed by atoms with Crippen molar-refractivity contribution in [3.05, 3.63) is 34.9 Å². The van der Waals surface area contributed by atoms with E-state index in [2.05, 4.69) is 0 Å². The van der Waals surface area contributed by atoms with Crippen molar-refractivity contribution in [2.24, 2.45) is 11.8 Å². The molecule has 0 bridgehead atoms. The Hall–Kier alpha value is -1.04. The highest BCUT2D eigenvalue weighted by Crippen LogP contribution is 2.44. The topological polar surface area (TPSA) is 31.0 Å². The summed E-state index contributed by atoms with van der Waals surface area (Å²) in [7, 11) is 0. The van der Waals surface area contributed by atoms with Crippen LogP contribution in [0.2, 0.25) is 0 Å². The standard InChI is InChI=1S/C23H32F2O3/c1-15-2-11-21(23(25)22(15)24)18-5-3-16(4-6-18)17-7-9-19(10-8-17)28-14-26-12-20-13-27-20/h2,11,16-20H,3-10,12-14H2,1H3. The molecule has 0 N–H and O–H groups in total. The monoisotopic (exact) mass is 394 g/mol. The van der Waals surface area contributed by atoms with Gasteiger partial charge in [0.15, 0.2) is 11.6 Å². The molecule has 4 rings (SSSR count). The lowest BCUT2D eigenvalue weighted by molar-refractivity contribution is -0.106. The third kappa shape index (κ3) is 4.92. The van der Waals surface area contributed by atoms with Crippen molar-refractivity contribution in [2.75, 3.05) is 20.0 Å². The zero-order valence-electron chi connectivity index (χ0n) is 16.8. The molecule has 5 heteroatoms. The van der Waals surface area contributed by atoms with Gasteiger partial charge in [-0.3, -0.25) is 0 Å². The highest BCUT2D eigenvalue weighted by Gasteiger charge is 2.32. The second-order valence-electron chi connectivity index (χ2n) is 8.86. The minimum atomic E-state index is -0.674. The summed E-state index contributed by atoms with van der Waals surface area (Å²) < 4.78 is 44.7. The van der Waals surface area contributed by atoms with E-state index < -0.39 is 11.6 Å². The molecule has 28 heavy (non-hydrogen) atoms. The number of aryl methyl sites for hydroxylation is 1. The summed E-state index contributed by atoms with van der Waals surface area (Å²) in [6, 6.07) is 3.50. The first kappa shape index (κ1) is 20.2. The number of benzene rings is 1. The molecule has 0 amide bonds. The van der Waals surface area contributed by atoms with Gasteiger partial charge in [0.05, 0.1) is 19.3 Å². The molecule has 3 fully saturated rings. The molecule has 0 spiro atoms. The van der Waals surface area contributed by atoms with Crippen LogP contribution < -0.4 is 0 Å². The molecule has 2 aliphatic carbocycles. The lowest BCUT2D eigenvalue weighted by atomic mass is 9.69. The number of rotatable bonds is 7. The van der Waals surface area contributed by atoms with Crippen LogP contribution in [0.1, 0.15) is 68.4 Å². The van der Waals surface area contributed by atoms with Crippen LogP contribution in [0.25, 0.3) is 0 Å². The van der Waals surface area contributed by atoms with E-state index in [0.29, 0.717) is 36.7 Å². The van der Waals surface area contributed by atoms with Crippen molar-refractivity contribution in [3.8, 4) is 0 Å². The molecule has 3 nitrogen and oxygen atoms in total. The number of hydrogen-bond acceptors (Lipinski definition) is 3. The summed E-state index contributed by atoms with van der Waals surface area (Å²) in [6.07, 6.45) is 9.42. The van der Waals surface area contributed by atoms with Gasteiger partial charge in [0, 0.05) is 0 Å². The van der Waals surface area contributed by atoms with Gasteiger partial charge in [-0.2, -0.15) is 0 Å². The second-order valence-corrected chi connectivity index (χ2v) is 8.86. The zero-order chi connectivity index (χ0) is 19.5. The van der Waals surface area contributed by atoms with E-state index in [4.69, 9.17) is 14.2 Å². The van der Waals surface area contributed by atoms with Crippen molar-refractivity contribution < 1.29 is 23.0 Å². The second kappa shape index (κ2) is 9.19. The van der Waals surface area contributed by atoms with Gasteiger partial charge >= 0.3 is 0 Å². The van der Waals surface area contributed by atoms with Gasteiger partial charge in [-0.05, 0) is 87.2 Å². The average molecular weight is 395 g/mol. The Morgan fingerprint density at radius 3 is 2.21 bits per heavy atom. The van der Waals surface area contributed by atoms with Crippen LogP contribution in [0, 0.1) is 30.4 Å². The molecular weight excluding hydrogens is 362 g/mol. The first-order valence-corrected chi connectivity index (χ1v) is 10.9. The Morgan fingerprint density at radius 2 is 1.57 bits per heavy atom. The Bertz CT molecular complexity index is 645. The van der Waals surface area contributed by atoms with Crippen molar-refractivity contribution >= 4 is 0 Å². The highest BCUT2D eigenvalue weighted by molar-refractivity contribution is 5.28. The largest absolute Gasteiger partial charge is 0.371 e. The fraction of sp³-hybridized carbons (Fsp3) is 0.739. The van der Waals surface area contributed by atoms with Crippen LogP contribution in [0.5, 0.6) is 0 Å². The summed E-state index contributed by atoms with van der Waals surface area (Å²) in [6.45, 7) is 3.45. The smallest absolute Gasteiger partial charge is 0.162 e. The van der Waals surface area contributed by atoms with Gasteiger partial charge in [0.2, 0.25) is 0 Å². The molecule has 156 valence electrons. The maximum Gasteiger partial charge on any atom is 0.162 e. The van der Waals surface area contributed by atoms with Crippen LogP contribution in [-0.2, 0) is 14.2 Å². The van der Waals surface area contributed by atoms with Crippen molar-refractivity contribution in [1.29, 1.82) is 0 Å². The molecule has 1 atom stereocenters. The van der Waals surface area contributed by atoms with Crippen LogP contribution in [0.4, 0.5) is 8.78 Å². The predicted molar refractivity (Wildman–Crippen MR) is 103 cm³/mol. The highest BCUT2D eigenvalue weighted by atomic mass is 19.2. The van der Waals surface area contributed by atoms with E-state index in [1.807, 2.05) is 0 Å². The summed E-state index contributed by atoms with van der Waals surface area (Å²) in [5, 5.41) is 0.